The zero-order valence-electron chi connectivity index (χ0n) is 18.1. The summed E-state index contributed by atoms with van der Waals surface area (Å²) in [4.78, 5) is 2.51. The van der Waals surface area contributed by atoms with Gasteiger partial charge in [0.25, 0.3) is 0 Å². The van der Waals surface area contributed by atoms with Gasteiger partial charge in [-0.1, -0.05) is 30.2 Å². The smallest absolute Gasteiger partial charge is 0.416 e. The molecule has 1 aliphatic carbocycles. The van der Waals surface area contributed by atoms with Crippen molar-refractivity contribution in [1.82, 2.24) is 4.90 Å². The second-order valence-electron chi connectivity index (χ2n) is 9.25. The third kappa shape index (κ3) is 5.24. The van der Waals surface area contributed by atoms with Crippen LogP contribution in [0.5, 0.6) is 5.75 Å². The Morgan fingerprint density at radius 2 is 1.72 bits per heavy atom. The maximum Gasteiger partial charge on any atom is 0.416 e. The molecule has 7 heteroatoms. The number of likely N-dealkylation sites (tertiary alicyclic amines) is 1. The minimum atomic E-state index is -4.34. The molecule has 3 nitrogen and oxygen atoms in total. The van der Waals surface area contributed by atoms with E-state index in [2.05, 4.69) is 17.0 Å². The average Bonchev–Trinajstić information content (AvgIpc) is 2.75. The molecule has 0 unspecified atom stereocenters. The fraction of sp³-hybridized carbons (Fsp3) is 0.520. The minimum Gasteiger partial charge on any atom is -0.493 e. The first-order chi connectivity index (χ1) is 15.3. The molecule has 1 saturated heterocycles. The van der Waals surface area contributed by atoms with Gasteiger partial charge in [-0.25, -0.2) is 0 Å². The van der Waals surface area contributed by atoms with Gasteiger partial charge in [0.15, 0.2) is 0 Å². The molecule has 2 N–H and O–H groups in total. The maximum absolute atomic E-state index is 12.8. The summed E-state index contributed by atoms with van der Waals surface area (Å²) in [6, 6.07) is 13.2. The highest BCUT2D eigenvalue weighted by Crippen LogP contribution is 2.45. The van der Waals surface area contributed by atoms with Gasteiger partial charge in [-0.2, -0.15) is 13.2 Å². The lowest BCUT2D eigenvalue weighted by molar-refractivity contribution is -0.137. The van der Waals surface area contributed by atoms with Crippen molar-refractivity contribution in [3.63, 3.8) is 0 Å². The van der Waals surface area contributed by atoms with E-state index >= 15 is 0 Å². The van der Waals surface area contributed by atoms with Crippen molar-refractivity contribution in [2.75, 3.05) is 32.8 Å². The molecule has 1 aliphatic heterocycles. The van der Waals surface area contributed by atoms with Gasteiger partial charge >= 0.3 is 6.18 Å². The Balaban J connectivity index is 1.39. The molecule has 0 bridgehead atoms. The van der Waals surface area contributed by atoms with Crippen LogP contribution in [0.1, 0.15) is 36.8 Å². The van der Waals surface area contributed by atoms with Crippen LogP contribution in [0.15, 0.2) is 48.5 Å². The Kier molecular flexibility index (Phi) is 7.03. The molecule has 1 saturated carbocycles. The van der Waals surface area contributed by atoms with Crippen LogP contribution in [-0.4, -0.2) is 37.7 Å². The van der Waals surface area contributed by atoms with E-state index in [1.54, 1.807) is 0 Å². The summed E-state index contributed by atoms with van der Waals surface area (Å²) < 4.78 is 44.2. The van der Waals surface area contributed by atoms with Crippen LogP contribution in [0.2, 0.25) is 5.02 Å². The Labute approximate surface area is 192 Å². The van der Waals surface area contributed by atoms with Crippen molar-refractivity contribution in [3.05, 3.63) is 64.7 Å². The van der Waals surface area contributed by atoms with Gasteiger partial charge in [-0.3, -0.25) is 0 Å². The van der Waals surface area contributed by atoms with Crippen molar-refractivity contribution in [2.45, 2.75) is 37.3 Å². The van der Waals surface area contributed by atoms with Crippen LogP contribution in [0.4, 0.5) is 13.2 Å². The molecule has 0 spiro atoms. The molecular weight excluding hydrogens is 437 g/mol. The molecule has 0 aromatic heterocycles. The van der Waals surface area contributed by atoms with E-state index in [4.69, 9.17) is 22.1 Å². The zero-order valence-corrected chi connectivity index (χ0v) is 18.8. The molecule has 0 radical (unpaired) electrons. The molecule has 32 heavy (non-hydrogen) atoms. The third-order valence-electron chi connectivity index (χ3n) is 7.22. The highest BCUT2D eigenvalue weighted by atomic mass is 35.5. The van der Waals surface area contributed by atoms with Crippen molar-refractivity contribution in [3.8, 4) is 5.75 Å². The second kappa shape index (κ2) is 9.62. The average molecular weight is 467 g/mol. The van der Waals surface area contributed by atoms with Gasteiger partial charge in [0.2, 0.25) is 0 Å². The standard InChI is InChI=1S/C25H30ClF3N2O/c26-22-6-2-20(3-7-22)24(11-1-12-24)17-31-13-10-18(14-30)19(15-31)16-32-23-8-4-21(5-9-23)25(27,28)29/h2-9,18-19H,1,10-17,30H2/t18-,19-/m1/s1. The van der Waals surface area contributed by atoms with E-state index in [-0.39, 0.29) is 11.3 Å². The van der Waals surface area contributed by atoms with E-state index < -0.39 is 11.7 Å². The Morgan fingerprint density at radius 3 is 2.28 bits per heavy atom. The van der Waals surface area contributed by atoms with E-state index in [1.165, 1.54) is 37.0 Å². The summed E-state index contributed by atoms with van der Waals surface area (Å²) in [6.07, 6.45) is 0.265. The summed E-state index contributed by atoms with van der Waals surface area (Å²) in [5.74, 6) is 1.06. The molecule has 2 aromatic carbocycles. The number of halogens is 4. The summed E-state index contributed by atoms with van der Waals surface area (Å²) in [5.41, 5.74) is 6.90. The molecule has 174 valence electrons. The summed E-state index contributed by atoms with van der Waals surface area (Å²) in [5, 5.41) is 0.757. The lowest BCUT2D eigenvalue weighted by atomic mass is 9.64. The molecule has 2 aliphatic rings. The lowest BCUT2D eigenvalue weighted by Gasteiger charge is -2.48. The van der Waals surface area contributed by atoms with Crippen molar-refractivity contribution in [2.24, 2.45) is 17.6 Å². The summed E-state index contributed by atoms with van der Waals surface area (Å²) in [7, 11) is 0. The molecule has 4 rings (SSSR count). The number of alkyl halides is 3. The van der Waals surface area contributed by atoms with E-state index in [0.717, 1.165) is 43.2 Å². The van der Waals surface area contributed by atoms with Crippen LogP contribution >= 0.6 is 11.6 Å². The molecule has 2 aromatic rings. The molecule has 1 heterocycles. The predicted octanol–water partition coefficient (Wildman–Crippen LogP) is 5.76. The van der Waals surface area contributed by atoms with Crippen LogP contribution in [-0.2, 0) is 11.6 Å². The number of nitrogens with zero attached hydrogens (tertiary/aromatic N) is 1. The Bertz CT molecular complexity index is 882. The number of rotatable bonds is 7. The number of hydrogen-bond donors (Lipinski definition) is 1. The van der Waals surface area contributed by atoms with Gasteiger partial charge < -0.3 is 15.4 Å². The summed E-state index contributed by atoms with van der Waals surface area (Å²) in [6.45, 7) is 3.95. The Hall–Kier alpha value is -1.76. The largest absolute Gasteiger partial charge is 0.493 e. The zero-order chi connectivity index (χ0) is 22.8. The second-order valence-corrected chi connectivity index (χ2v) is 9.69. The topological polar surface area (TPSA) is 38.5 Å². The lowest BCUT2D eigenvalue weighted by Crippen LogP contribution is -2.52. The van der Waals surface area contributed by atoms with Gasteiger partial charge in [0, 0.05) is 29.4 Å². The number of hydrogen-bond acceptors (Lipinski definition) is 3. The summed E-state index contributed by atoms with van der Waals surface area (Å²) >= 11 is 6.09. The molecule has 2 atom stereocenters. The predicted molar refractivity (Wildman–Crippen MR) is 121 cm³/mol. The quantitative estimate of drug-likeness (QED) is 0.564. The van der Waals surface area contributed by atoms with Gasteiger partial charge in [-0.15, -0.1) is 0 Å². The van der Waals surface area contributed by atoms with Crippen LogP contribution < -0.4 is 10.5 Å². The normalized spacial score (nSPS) is 23.5. The number of ether oxygens (including phenoxy) is 1. The van der Waals surface area contributed by atoms with E-state index in [9.17, 15) is 13.2 Å². The highest BCUT2D eigenvalue weighted by Gasteiger charge is 2.41. The SMILES string of the molecule is NC[C@H]1CCN(CC2(c3ccc(Cl)cc3)CCC2)C[C@@H]1COc1ccc(C(F)(F)F)cc1. The third-order valence-corrected chi connectivity index (χ3v) is 7.47. The van der Waals surface area contributed by atoms with Crippen LogP contribution in [0.3, 0.4) is 0 Å². The molecule has 2 fully saturated rings. The fourth-order valence-electron chi connectivity index (χ4n) is 5.12. The van der Waals surface area contributed by atoms with Crippen LogP contribution in [0, 0.1) is 11.8 Å². The monoisotopic (exact) mass is 466 g/mol. The van der Waals surface area contributed by atoms with E-state index in [0.29, 0.717) is 24.8 Å². The highest BCUT2D eigenvalue weighted by molar-refractivity contribution is 6.30. The van der Waals surface area contributed by atoms with Gasteiger partial charge in [-0.05, 0) is 80.2 Å². The first kappa shape index (κ1) is 23.4. The fourth-order valence-corrected chi connectivity index (χ4v) is 5.24. The van der Waals surface area contributed by atoms with Crippen molar-refractivity contribution >= 4 is 11.6 Å². The molecule has 0 amide bonds. The minimum absolute atomic E-state index is 0.180. The number of nitrogens with two attached hydrogens (primary N) is 1. The van der Waals surface area contributed by atoms with Crippen LogP contribution in [0.25, 0.3) is 0 Å². The van der Waals surface area contributed by atoms with Gasteiger partial charge in [0.1, 0.15) is 5.75 Å². The number of piperidine rings is 1. The first-order valence-electron chi connectivity index (χ1n) is 11.3. The molecular formula is C25H30ClF3N2O. The number of benzene rings is 2. The van der Waals surface area contributed by atoms with Crippen molar-refractivity contribution in [1.29, 1.82) is 0 Å². The van der Waals surface area contributed by atoms with Gasteiger partial charge in [0.05, 0.1) is 12.2 Å². The van der Waals surface area contributed by atoms with Crippen molar-refractivity contribution < 1.29 is 17.9 Å². The Morgan fingerprint density at radius 1 is 1.03 bits per heavy atom. The maximum atomic E-state index is 12.8. The first-order valence-corrected chi connectivity index (χ1v) is 11.7. The van der Waals surface area contributed by atoms with E-state index in [1.807, 2.05) is 12.1 Å².